The van der Waals surface area contributed by atoms with Crippen molar-refractivity contribution in [1.82, 2.24) is 25.0 Å². The van der Waals surface area contributed by atoms with Crippen LogP contribution in [-0.2, 0) is 16.1 Å². The summed E-state index contributed by atoms with van der Waals surface area (Å²) in [7, 11) is 0. The maximum absolute atomic E-state index is 12.6. The lowest BCUT2D eigenvalue weighted by molar-refractivity contribution is -0.136. The van der Waals surface area contributed by atoms with Crippen LogP contribution in [0.3, 0.4) is 0 Å². The third-order valence-corrected chi connectivity index (χ3v) is 5.63. The zero-order valence-corrected chi connectivity index (χ0v) is 17.9. The zero-order chi connectivity index (χ0) is 22.2. The van der Waals surface area contributed by atoms with Gasteiger partial charge in [-0.1, -0.05) is 30.3 Å². The average molecular weight is 434 g/mol. The van der Waals surface area contributed by atoms with E-state index in [1.54, 1.807) is 11.0 Å². The van der Waals surface area contributed by atoms with Crippen molar-refractivity contribution in [2.45, 2.75) is 25.8 Å². The standard InChI is InChI=1S/C24H27N5O3/c30-23(12-15-32-22-4-2-1-3-5-22)28-13-10-20(11-14-28)24(31)26-16-19-6-8-21(9-7-19)29-18-25-17-27-29/h1-9,17-18,20H,10-16H2,(H,26,31). The highest BCUT2D eigenvalue weighted by Crippen LogP contribution is 2.19. The highest BCUT2D eigenvalue weighted by atomic mass is 16.5. The summed E-state index contributed by atoms with van der Waals surface area (Å²) in [6.07, 6.45) is 4.84. The molecule has 1 aromatic heterocycles. The third-order valence-electron chi connectivity index (χ3n) is 5.63. The maximum atomic E-state index is 12.6. The molecule has 0 saturated carbocycles. The Kier molecular flexibility index (Phi) is 7.12. The molecule has 1 N–H and O–H groups in total. The lowest BCUT2D eigenvalue weighted by Gasteiger charge is -2.31. The minimum Gasteiger partial charge on any atom is -0.493 e. The van der Waals surface area contributed by atoms with Crippen molar-refractivity contribution >= 4 is 11.8 Å². The molecule has 1 fully saturated rings. The first-order valence-electron chi connectivity index (χ1n) is 10.9. The van der Waals surface area contributed by atoms with Gasteiger partial charge in [-0.15, -0.1) is 0 Å². The van der Waals surface area contributed by atoms with Crippen LogP contribution < -0.4 is 10.1 Å². The Hall–Kier alpha value is -3.68. The van der Waals surface area contributed by atoms with Crippen LogP contribution in [0.5, 0.6) is 5.75 Å². The summed E-state index contributed by atoms with van der Waals surface area (Å²) < 4.78 is 7.30. The Bertz CT molecular complexity index is 998. The Balaban J connectivity index is 1.16. The second-order valence-corrected chi connectivity index (χ2v) is 7.79. The molecule has 1 aliphatic heterocycles. The molecule has 8 heteroatoms. The number of benzene rings is 2. The van der Waals surface area contributed by atoms with Gasteiger partial charge in [0.2, 0.25) is 11.8 Å². The van der Waals surface area contributed by atoms with Crippen LogP contribution >= 0.6 is 0 Å². The third kappa shape index (κ3) is 5.72. The number of carbonyl (C=O) groups is 2. The minimum absolute atomic E-state index is 0.0462. The van der Waals surface area contributed by atoms with E-state index in [9.17, 15) is 9.59 Å². The van der Waals surface area contributed by atoms with Gasteiger partial charge in [0, 0.05) is 25.6 Å². The van der Waals surface area contributed by atoms with Crippen molar-refractivity contribution in [3.05, 3.63) is 72.8 Å². The molecule has 3 aromatic rings. The summed E-state index contributed by atoms with van der Waals surface area (Å²) in [5.41, 5.74) is 1.94. The number of para-hydroxylation sites is 1. The number of amides is 2. The molecular weight excluding hydrogens is 406 g/mol. The molecule has 1 saturated heterocycles. The molecule has 1 aliphatic rings. The molecule has 2 amide bonds. The quantitative estimate of drug-likeness (QED) is 0.590. The molecule has 166 valence electrons. The van der Waals surface area contributed by atoms with Gasteiger partial charge in [-0.2, -0.15) is 5.10 Å². The summed E-state index contributed by atoms with van der Waals surface area (Å²) in [4.78, 5) is 30.8. The van der Waals surface area contributed by atoms with Gasteiger partial charge in [-0.05, 0) is 42.7 Å². The molecule has 4 rings (SSSR count). The van der Waals surface area contributed by atoms with E-state index in [0.717, 1.165) is 17.0 Å². The Labute approximate surface area is 187 Å². The van der Waals surface area contributed by atoms with Crippen molar-refractivity contribution in [3.63, 3.8) is 0 Å². The number of hydrogen-bond donors (Lipinski definition) is 1. The van der Waals surface area contributed by atoms with Gasteiger partial charge in [0.1, 0.15) is 18.4 Å². The van der Waals surface area contributed by atoms with Gasteiger partial charge < -0.3 is 15.0 Å². The van der Waals surface area contributed by atoms with Gasteiger partial charge >= 0.3 is 0 Å². The molecule has 0 atom stereocenters. The Morgan fingerprint density at radius 1 is 1.03 bits per heavy atom. The van der Waals surface area contributed by atoms with Crippen LogP contribution in [0, 0.1) is 5.92 Å². The summed E-state index contributed by atoms with van der Waals surface area (Å²) >= 11 is 0. The molecule has 0 unspecified atom stereocenters. The normalized spacial score (nSPS) is 14.2. The number of carbonyl (C=O) groups excluding carboxylic acids is 2. The fraction of sp³-hybridized carbons (Fsp3) is 0.333. The van der Waals surface area contributed by atoms with Crippen LogP contribution in [0.2, 0.25) is 0 Å². The zero-order valence-electron chi connectivity index (χ0n) is 17.9. The minimum atomic E-state index is -0.0611. The molecule has 0 aliphatic carbocycles. The van der Waals surface area contributed by atoms with Crippen molar-refractivity contribution in [2.24, 2.45) is 5.92 Å². The smallest absolute Gasteiger partial charge is 0.225 e. The van der Waals surface area contributed by atoms with E-state index in [1.165, 1.54) is 6.33 Å². The number of hydrogen-bond acceptors (Lipinski definition) is 5. The average Bonchev–Trinajstić information content (AvgIpc) is 3.39. The van der Waals surface area contributed by atoms with E-state index in [2.05, 4.69) is 15.4 Å². The van der Waals surface area contributed by atoms with Crippen molar-refractivity contribution in [1.29, 1.82) is 0 Å². The summed E-state index contributed by atoms with van der Waals surface area (Å²) in [6, 6.07) is 17.3. The van der Waals surface area contributed by atoms with Gasteiger partial charge in [-0.25, -0.2) is 9.67 Å². The highest BCUT2D eigenvalue weighted by molar-refractivity contribution is 5.80. The Morgan fingerprint density at radius 3 is 2.47 bits per heavy atom. The van der Waals surface area contributed by atoms with Crippen LogP contribution in [-0.4, -0.2) is 51.2 Å². The highest BCUT2D eigenvalue weighted by Gasteiger charge is 2.27. The largest absolute Gasteiger partial charge is 0.493 e. The number of rotatable bonds is 8. The Morgan fingerprint density at radius 2 is 1.78 bits per heavy atom. The lowest BCUT2D eigenvalue weighted by Crippen LogP contribution is -2.43. The van der Waals surface area contributed by atoms with E-state index in [0.29, 0.717) is 45.5 Å². The van der Waals surface area contributed by atoms with E-state index >= 15 is 0 Å². The SMILES string of the molecule is O=C(NCc1ccc(-n2cncn2)cc1)C1CCN(C(=O)CCOc2ccccc2)CC1. The first-order chi connectivity index (χ1) is 15.7. The molecule has 2 heterocycles. The van der Waals surface area contributed by atoms with Crippen molar-refractivity contribution in [2.75, 3.05) is 19.7 Å². The monoisotopic (exact) mass is 433 g/mol. The molecular formula is C24H27N5O3. The predicted octanol–water partition coefficient (Wildman–Crippen LogP) is 2.59. The maximum Gasteiger partial charge on any atom is 0.225 e. The number of ether oxygens (including phenoxy) is 1. The van der Waals surface area contributed by atoms with Crippen molar-refractivity contribution < 1.29 is 14.3 Å². The van der Waals surface area contributed by atoms with Crippen LogP contribution in [0.15, 0.2) is 67.3 Å². The van der Waals surface area contributed by atoms with E-state index in [-0.39, 0.29) is 17.7 Å². The second-order valence-electron chi connectivity index (χ2n) is 7.79. The second kappa shape index (κ2) is 10.6. The number of nitrogens with one attached hydrogen (secondary N) is 1. The number of piperidine rings is 1. The first-order valence-corrected chi connectivity index (χ1v) is 10.9. The fourth-order valence-corrected chi connectivity index (χ4v) is 3.76. The lowest BCUT2D eigenvalue weighted by atomic mass is 9.95. The first kappa shape index (κ1) is 21.5. The molecule has 8 nitrogen and oxygen atoms in total. The van der Waals surface area contributed by atoms with Crippen LogP contribution in [0.1, 0.15) is 24.8 Å². The summed E-state index contributed by atoms with van der Waals surface area (Å²) in [5, 5.41) is 7.12. The van der Waals surface area contributed by atoms with Gasteiger partial charge in [0.25, 0.3) is 0 Å². The van der Waals surface area contributed by atoms with Gasteiger partial charge in [0.05, 0.1) is 18.7 Å². The van der Waals surface area contributed by atoms with Crippen LogP contribution in [0.4, 0.5) is 0 Å². The molecule has 32 heavy (non-hydrogen) atoms. The molecule has 2 aromatic carbocycles. The number of nitrogens with zero attached hydrogens (tertiary/aromatic N) is 4. The van der Waals surface area contributed by atoms with E-state index in [4.69, 9.17) is 4.74 Å². The van der Waals surface area contributed by atoms with E-state index in [1.807, 2.05) is 59.5 Å². The summed E-state index contributed by atoms with van der Waals surface area (Å²) in [6.45, 7) is 2.05. The fourth-order valence-electron chi connectivity index (χ4n) is 3.76. The van der Waals surface area contributed by atoms with E-state index < -0.39 is 0 Å². The summed E-state index contributed by atoms with van der Waals surface area (Å²) in [5.74, 6) is 0.829. The topological polar surface area (TPSA) is 89.4 Å². The van der Waals surface area contributed by atoms with Gasteiger partial charge in [-0.3, -0.25) is 9.59 Å². The van der Waals surface area contributed by atoms with Crippen LogP contribution in [0.25, 0.3) is 5.69 Å². The number of likely N-dealkylation sites (tertiary alicyclic amines) is 1. The van der Waals surface area contributed by atoms with Crippen molar-refractivity contribution in [3.8, 4) is 11.4 Å². The molecule has 0 bridgehead atoms. The molecule has 0 spiro atoms. The van der Waals surface area contributed by atoms with Gasteiger partial charge in [0.15, 0.2) is 0 Å². The predicted molar refractivity (Wildman–Crippen MR) is 119 cm³/mol. The molecule has 0 radical (unpaired) electrons. The number of aromatic nitrogens is 3.